The van der Waals surface area contributed by atoms with E-state index in [-0.39, 0.29) is 16.6 Å². The van der Waals surface area contributed by atoms with Gasteiger partial charge in [-0.1, -0.05) is 12.1 Å². The van der Waals surface area contributed by atoms with Gasteiger partial charge in [0.25, 0.3) is 0 Å². The predicted molar refractivity (Wildman–Crippen MR) is 74.1 cm³/mol. The Bertz CT molecular complexity index is 596. The lowest BCUT2D eigenvalue weighted by Gasteiger charge is -2.14. The Balaban J connectivity index is 3.33. The minimum Gasteiger partial charge on any atom is -0.377 e. The Hall–Kier alpha value is -1.89. The van der Waals surface area contributed by atoms with E-state index in [9.17, 15) is 18.5 Å². The first-order valence-electron chi connectivity index (χ1n) is 5.62. The molecule has 0 aliphatic rings. The highest BCUT2D eigenvalue weighted by atomic mass is 32.2. The number of nitrogens with zero attached hydrogens (tertiary/aromatic N) is 1. The number of hydrogen-bond donors (Lipinski definition) is 1. The van der Waals surface area contributed by atoms with E-state index in [2.05, 4.69) is 11.9 Å². The molecule has 19 heavy (non-hydrogen) atoms. The highest BCUT2D eigenvalue weighted by molar-refractivity contribution is 7.90. The Morgan fingerprint density at radius 2 is 2.16 bits per heavy atom. The second-order valence-corrected chi connectivity index (χ2v) is 6.24. The molecule has 6 nitrogen and oxygen atoms in total. The largest absolute Gasteiger partial charge is 0.377 e. The van der Waals surface area contributed by atoms with Gasteiger partial charge in [0.05, 0.1) is 4.92 Å². The zero-order valence-electron chi connectivity index (χ0n) is 10.8. The van der Waals surface area contributed by atoms with Gasteiger partial charge in [0.2, 0.25) is 0 Å². The summed E-state index contributed by atoms with van der Waals surface area (Å²) in [5.41, 5.74) is -0.219. The number of rotatable bonds is 6. The van der Waals surface area contributed by atoms with Gasteiger partial charge in [-0.25, -0.2) is 8.42 Å². The van der Waals surface area contributed by atoms with Crippen molar-refractivity contribution in [3.63, 3.8) is 0 Å². The zero-order chi connectivity index (χ0) is 14.6. The third-order valence-corrected chi connectivity index (χ3v) is 3.63. The summed E-state index contributed by atoms with van der Waals surface area (Å²) in [6, 6.07) is 4.13. The molecule has 0 bridgehead atoms. The summed E-state index contributed by atoms with van der Waals surface area (Å²) in [4.78, 5) is 10.1. The molecule has 1 atom stereocenters. The lowest BCUT2D eigenvalue weighted by atomic mass is 10.2. The number of sulfone groups is 1. The van der Waals surface area contributed by atoms with Crippen LogP contribution in [0.1, 0.15) is 13.3 Å². The summed E-state index contributed by atoms with van der Waals surface area (Å²) >= 11 is 0. The fourth-order valence-electron chi connectivity index (χ4n) is 1.70. The third-order valence-electron chi connectivity index (χ3n) is 2.50. The van der Waals surface area contributed by atoms with Crippen LogP contribution in [-0.2, 0) is 9.84 Å². The highest BCUT2D eigenvalue weighted by Crippen LogP contribution is 2.32. The van der Waals surface area contributed by atoms with Gasteiger partial charge in [-0.3, -0.25) is 10.1 Å². The number of hydrogen-bond acceptors (Lipinski definition) is 5. The highest BCUT2D eigenvalue weighted by Gasteiger charge is 2.26. The second kappa shape index (κ2) is 5.83. The molecule has 0 heterocycles. The number of para-hydroxylation sites is 1. The lowest BCUT2D eigenvalue weighted by Crippen LogP contribution is -2.16. The summed E-state index contributed by atoms with van der Waals surface area (Å²) in [6.45, 7) is 5.42. The predicted octanol–water partition coefficient (Wildman–Crippen LogP) is 2.37. The fourth-order valence-corrected chi connectivity index (χ4v) is 2.56. The van der Waals surface area contributed by atoms with Crippen molar-refractivity contribution >= 4 is 21.2 Å². The standard InChI is InChI=1S/C12H16N2O4S/c1-4-6-9(2)13-10-7-5-8-11(19(3,17)18)12(10)14(15)16/h4-5,7-9,13H,1,6H2,2-3H3. The van der Waals surface area contributed by atoms with E-state index in [1.54, 1.807) is 6.08 Å². The van der Waals surface area contributed by atoms with Crippen LogP contribution in [0.4, 0.5) is 11.4 Å². The van der Waals surface area contributed by atoms with E-state index in [1.807, 2.05) is 6.92 Å². The molecule has 0 aliphatic carbocycles. The third kappa shape index (κ3) is 3.78. The van der Waals surface area contributed by atoms with Crippen molar-refractivity contribution in [1.29, 1.82) is 0 Å². The number of nitrogens with one attached hydrogen (secondary N) is 1. The van der Waals surface area contributed by atoms with Crippen molar-refractivity contribution in [2.75, 3.05) is 11.6 Å². The molecule has 0 amide bonds. The molecule has 1 rings (SSSR count). The van der Waals surface area contributed by atoms with Crippen LogP contribution in [0, 0.1) is 10.1 Å². The maximum Gasteiger partial charge on any atom is 0.310 e. The van der Waals surface area contributed by atoms with Gasteiger partial charge in [-0.15, -0.1) is 6.58 Å². The minimum atomic E-state index is -3.65. The molecule has 0 saturated heterocycles. The zero-order valence-corrected chi connectivity index (χ0v) is 11.6. The van der Waals surface area contributed by atoms with E-state index in [0.29, 0.717) is 6.42 Å². The molecule has 1 N–H and O–H groups in total. The van der Waals surface area contributed by atoms with Crippen LogP contribution in [0.25, 0.3) is 0 Å². The van der Waals surface area contributed by atoms with Crippen molar-refractivity contribution < 1.29 is 13.3 Å². The van der Waals surface area contributed by atoms with Gasteiger partial charge in [0.1, 0.15) is 10.6 Å². The quantitative estimate of drug-likeness (QED) is 0.492. The Kier molecular flexibility index (Phi) is 4.66. The Labute approximate surface area is 112 Å². The molecule has 7 heteroatoms. The molecule has 0 fully saturated rings. The first kappa shape index (κ1) is 15.2. The minimum absolute atomic E-state index is 0.0778. The smallest absolute Gasteiger partial charge is 0.310 e. The topological polar surface area (TPSA) is 89.3 Å². The first-order chi connectivity index (χ1) is 8.77. The normalized spacial score (nSPS) is 12.7. The van der Waals surface area contributed by atoms with Crippen molar-refractivity contribution in [2.24, 2.45) is 0 Å². The summed E-state index contributed by atoms with van der Waals surface area (Å²) < 4.78 is 23.1. The Morgan fingerprint density at radius 3 is 2.63 bits per heavy atom. The van der Waals surface area contributed by atoms with E-state index in [4.69, 9.17) is 0 Å². The summed E-state index contributed by atoms with van der Waals surface area (Å²) in [5, 5.41) is 14.0. The van der Waals surface area contributed by atoms with Gasteiger partial charge >= 0.3 is 5.69 Å². The van der Waals surface area contributed by atoms with Crippen LogP contribution < -0.4 is 5.32 Å². The van der Waals surface area contributed by atoms with Gasteiger partial charge in [0, 0.05) is 12.3 Å². The van der Waals surface area contributed by atoms with Crippen molar-refractivity contribution in [3.05, 3.63) is 41.0 Å². The van der Waals surface area contributed by atoms with Crippen molar-refractivity contribution in [2.45, 2.75) is 24.3 Å². The summed E-state index contributed by atoms with van der Waals surface area (Å²) in [5.74, 6) is 0. The van der Waals surface area contributed by atoms with E-state index in [0.717, 1.165) is 6.26 Å². The van der Waals surface area contributed by atoms with Crippen LogP contribution in [0.2, 0.25) is 0 Å². The number of nitro benzene ring substituents is 1. The lowest BCUT2D eigenvalue weighted by molar-refractivity contribution is -0.386. The van der Waals surface area contributed by atoms with Crippen LogP contribution in [0.3, 0.4) is 0 Å². The fraction of sp³-hybridized carbons (Fsp3) is 0.333. The molecule has 0 aliphatic heterocycles. The SMILES string of the molecule is C=CCC(C)Nc1cccc(S(C)(=O)=O)c1[N+](=O)[O-]. The van der Waals surface area contributed by atoms with E-state index >= 15 is 0 Å². The van der Waals surface area contributed by atoms with Gasteiger partial charge in [0.15, 0.2) is 9.84 Å². The van der Waals surface area contributed by atoms with Crippen LogP contribution in [0.15, 0.2) is 35.7 Å². The molecule has 0 saturated carbocycles. The molecule has 1 aromatic carbocycles. The van der Waals surface area contributed by atoms with Crippen molar-refractivity contribution in [1.82, 2.24) is 0 Å². The van der Waals surface area contributed by atoms with Gasteiger partial charge in [-0.05, 0) is 25.5 Å². The summed E-state index contributed by atoms with van der Waals surface area (Å²) in [7, 11) is -3.65. The molecule has 0 spiro atoms. The second-order valence-electron chi connectivity index (χ2n) is 4.25. The van der Waals surface area contributed by atoms with E-state index < -0.39 is 20.4 Å². The first-order valence-corrected chi connectivity index (χ1v) is 7.51. The maximum atomic E-state index is 11.6. The maximum absolute atomic E-state index is 11.6. The molecular formula is C12H16N2O4S. The number of anilines is 1. The molecular weight excluding hydrogens is 268 g/mol. The monoisotopic (exact) mass is 284 g/mol. The molecule has 1 unspecified atom stereocenters. The Morgan fingerprint density at radius 1 is 1.53 bits per heavy atom. The molecule has 1 aromatic rings. The van der Waals surface area contributed by atoms with E-state index in [1.165, 1.54) is 18.2 Å². The van der Waals surface area contributed by atoms with Crippen LogP contribution in [0.5, 0.6) is 0 Å². The van der Waals surface area contributed by atoms with Gasteiger partial charge in [-0.2, -0.15) is 0 Å². The number of benzene rings is 1. The average molecular weight is 284 g/mol. The molecule has 104 valence electrons. The van der Waals surface area contributed by atoms with Crippen LogP contribution >= 0.6 is 0 Å². The molecule has 0 aromatic heterocycles. The van der Waals surface area contributed by atoms with Crippen molar-refractivity contribution in [3.8, 4) is 0 Å². The van der Waals surface area contributed by atoms with Gasteiger partial charge < -0.3 is 5.32 Å². The number of nitro groups is 1. The summed E-state index contributed by atoms with van der Waals surface area (Å²) in [6.07, 6.45) is 3.25. The average Bonchev–Trinajstić information content (AvgIpc) is 2.27. The van der Waals surface area contributed by atoms with Crippen LogP contribution in [-0.4, -0.2) is 25.6 Å². The molecule has 0 radical (unpaired) electrons.